The highest BCUT2D eigenvalue weighted by atomic mass is 16.5. The monoisotopic (exact) mass is 417 g/mol. The summed E-state index contributed by atoms with van der Waals surface area (Å²) in [7, 11) is 0. The molecule has 0 spiro atoms. The van der Waals surface area contributed by atoms with Crippen LogP contribution in [-0.2, 0) is 19.7 Å². The van der Waals surface area contributed by atoms with Crippen LogP contribution in [0.15, 0.2) is 60.9 Å². The van der Waals surface area contributed by atoms with Crippen LogP contribution in [0.2, 0.25) is 0 Å². The van der Waals surface area contributed by atoms with E-state index in [1.165, 1.54) is 5.56 Å². The molecule has 0 fully saturated rings. The van der Waals surface area contributed by atoms with Crippen LogP contribution in [0.25, 0.3) is 0 Å². The Morgan fingerprint density at radius 3 is 2.77 bits per heavy atom. The van der Waals surface area contributed by atoms with Gasteiger partial charge in [0.15, 0.2) is 5.82 Å². The molecule has 4 aromatic rings. The molecule has 2 aromatic carbocycles. The first-order valence-corrected chi connectivity index (χ1v) is 9.98. The predicted octanol–water partition coefficient (Wildman–Crippen LogP) is 3.08. The zero-order chi connectivity index (χ0) is 21.6. The van der Waals surface area contributed by atoms with Gasteiger partial charge in [-0.3, -0.25) is 9.48 Å². The van der Waals surface area contributed by atoms with Gasteiger partial charge in [0, 0.05) is 18.3 Å². The third-order valence-electron chi connectivity index (χ3n) is 4.71. The van der Waals surface area contributed by atoms with Gasteiger partial charge in [0.25, 0.3) is 5.91 Å². The van der Waals surface area contributed by atoms with E-state index in [2.05, 4.69) is 51.1 Å². The van der Waals surface area contributed by atoms with Crippen LogP contribution in [0.1, 0.15) is 34.2 Å². The number of carbonyl (C=O) groups excluding carboxylic acids is 1. The lowest BCUT2D eigenvalue weighted by Gasteiger charge is -2.07. The Kier molecular flexibility index (Phi) is 6.02. The Bertz CT molecular complexity index is 1160. The Hall–Kier alpha value is -4.01. The van der Waals surface area contributed by atoms with Crippen molar-refractivity contribution in [2.45, 2.75) is 33.5 Å². The van der Waals surface area contributed by atoms with Gasteiger partial charge in [0.05, 0.1) is 18.4 Å². The number of benzene rings is 2. The second kappa shape index (κ2) is 9.21. The van der Waals surface area contributed by atoms with E-state index in [9.17, 15) is 4.79 Å². The molecule has 158 valence electrons. The third-order valence-corrected chi connectivity index (χ3v) is 4.71. The molecule has 9 nitrogen and oxygen atoms in total. The van der Waals surface area contributed by atoms with E-state index in [-0.39, 0.29) is 12.5 Å². The SMILES string of the molecule is CCn1nnnc1COc1ccc(C(=O)Nc2cnn(Cc3cccc(C)c3)c2)cc1. The molecule has 0 saturated carbocycles. The van der Waals surface area contributed by atoms with E-state index in [0.717, 1.165) is 5.56 Å². The minimum absolute atomic E-state index is 0.211. The average molecular weight is 417 g/mol. The summed E-state index contributed by atoms with van der Waals surface area (Å²) in [5.41, 5.74) is 3.53. The molecular weight excluding hydrogens is 394 g/mol. The number of nitrogens with one attached hydrogen (secondary N) is 1. The lowest BCUT2D eigenvalue weighted by Crippen LogP contribution is -2.11. The fraction of sp³-hybridized carbons (Fsp3) is 0.227. The number of rotatable bonds is 8. The molecule has 2 heterocycles. The minimum Gasteiger partial charge on any atom is -0.486 e. The first-order chi connectivity index (χ1) is 15.1. The lowest BCUT2D eigenvalue weighted by atomic mass is 10.1. The van der Waals surface area contributed by atoms with E-state index in [4.69, 9.17) is 4.74 Å². The molecule has 0 radical (unpaired) electrons. The number of nitrogens with zero attached hydrogens (tertiary/aromatic N) is 6. The molecule has 2 aromatic heterocycles. The number of aromatic nitrogens is 6. The second-order valence-electron chi connectivity index (χ2n) is 7.09. The predicted molar refractivity (Wildman–Crippen MR) is 115 cm³/mol. The first-order valence-electron chi connectivity index (χ1n) is 9.98. The fourth-order valence-corrected chi connectivity index (χ4v) is 3.14. The van der Waals surface area contributed by atoms with Gasteiger partial charge >= 0.3 is 0 Å². The average Bonchev–Trinajstić information content (AvgIpc) is 3.41. The van der Waals surface area contributed by atoms with E-state index in [1.54, 1.807) is 39.8 Å². The summed E-state index contributed by atoms with van der Waals surface area (Å²) in [5.74, 6) is 1.07. The quantitative estimate of drug-likeness (QED) is 0.473. The maximum atomic E-state index is 12.5. The van der Waals surface area contributed by atoms with Gasteiger partial charge in [-0.25, -0.2) is 4.68 Å². The maximum Gasteiger partial charge on any atom is 0.255 e. The molecule has 0 unspecified atom stereocenters. The van der Waals surface area contributed by atoms with E-state index in [1.807, 2.05) is 19.2 Å². The second-order valence-corrected chi connectivity index (χ2v) is 7.09. The molecule has 0 bridgehead atoms. The summed E-state index contributed by atoms with van der Waals surface area (Å²) in [6, 6.07) is 15.2. The molecule has 0 atom stereocenters. The van der Waals surface area contributed by atoms with Crippen LogP contribution >= 0.6 is 0 Å². The summed E-state index contributed by atoms with van der Waals surface area (Å²) < 4.78 is 9.17. The zero-order valence-corrected chi connectivity index (χ0v) is 17.4. The molecule has 0 aliphatic carbocycles. The van der Waals surface area contributed by atoms with Crippen LogP contribution in [-0.4, -0.2) is 35.9 Å². The number of anilines is 1. The summed E-state index contributed by atoms with van der Waals surface area (Å²) in [6.45, 7) is 5.59. The van der Waals surface area contributed by atoms with Gasteiger partial charge in [-0.2, -0.15) is 5.10 Å². The van der Waals surface area contributed by atoms with Crippen LogP contribution in [0, 0.1) is 6.92 Å². The summed E-state index contributed by atoms with van der Waals surface area (Å²) >= 11 is 0. The standard InChI is InChI=1S/C22H23N7O2/c1-3-29-21(25-26-27-29)15-31-20-9-7-18(8-10-20)22(30)24-19-12-23-28(14-19)13-17-6-4-5-16(2)11-17/h4-12,14H,3,13,15H2,1-2H3,(H,24,30). The number of hydrogen-bond donors (Lipinski definition) is 1. The molecule has 9 heteroatoms. The van der Waals surface area contributed by atoms with Gasteiger partial charge in [0.1, 0.15) is 12.4 Å². The van der Waals surface area contributed by atoms with E-state index < -0.39 is 0 Å². The number of amides is 1. The summed E-state index contributed by atoms with van der Waals surface area (Å²) in [5, 5.41) is 18.6. The van der Waals surface area contributed by atoms with Crippen molar-refractivity contribution < 1.29 is 9.53 Å². The number of carbonyl (C=O) groups is 1. The van der Waals surface area contributed by atoms with Crippen molar-refractivity contribution in [2.75, 3.05) is 5.32 Å². The molecule has 1 amide bonds. The number of aryl methyl sites for hydroxylation is 2. The molecule has 1 N–H and O–H groups in total. The minimum atomic E-state index is -0.211. The first kappa shape index (κ1) is 20.3. The van der Waals surface area contributed by atoms with Crippen molar-refractivity contribution in [1.82, 2.24) is 30.0 Å². The van der Waals surface area contributed by atoms with Gasteiger partial charge < -0.3 is 10.1 Å². The van der Waals surface area contributed by atoms with E-state index in [0.29, 0.717) is 35.9 Å². The van der Waals surface area contributed by atoms with Crippen molar-refractivity contribution in [3.63, 3.8) is 0 Å². The molecule has 4 rings (SSSR count). The van der Waals surface area contributed by atoms with Gasteiger partial charge in [-0.1, -0.05) is 29.8 Å². The van der Waals surface area contributed by atoms with Gasteiger partial charge in [-0.15, -0.1) is 5.10 Å². The van der Waals surface area contributed by atoms with Gasteiger partial charge in [-0.05, 0) is 54.1 Å². The highest BCUT2D eigenvalue weighted by molar-refractivity contribution is 6.04. The van der Waals surface area contributed by atoms with Crippen molar-refractivity contribution in [2.24, 2.45) is 0 Å². The molecule has 31 heavy (non-hydrogen) atoms. The van der Waals surface area contributed by atoms with Crippen LogP contribution in [0.5, 0.6) is 5.75 Å². The Balaban J connectivity index is 1.33. The number of ether oxygens (including phenoxy) is 1. The highest BCUT2D eigenvalue weighted by Gasteiger charge is 2.09. The Morgan fingerprint density at radius 2 is 2.00 bits per heavy atom. The van der Waals surface area contributed by atoms with Crippen LogP contribution in [0.3, 0.4) is 0 Å². The van der Waals surface area contributed by atoms with Crippen molar-refractivity contribution in [3.8, 4) is 5.75 Å². The van der Waals surface area contributed by atoms with Crippen LogP contribution < -0.4 is 10.1 Å². The molecule has 0 aliphatic heterocycles. The molecular formula is C22H23N7O2. The number of tetrazole rings is 1. The van der Waals surface area contributed by atoms with Crippen molar-refractivity contribution >= 4 is 11.6 Å². The van der Waals surface area contributed by atoms with Crippen molar-refractivity contribution in [3.05, 3.63) is 83.4 Å². The normalized spacial score (nSPS) is 10.8. The lowest BCUT2D eigenvalue weighted by molar-refractivity contribution is 0.102. The Morgan fingerprint density at radius 1 is 1.16 bits per heavy atom. The maximum absolute atomic E-state index is 12.5. The van der Waals surface area contributed by atoms with Crippen molar-refractivity contribution in [1.29, 1.82) is 0 Å². The zero-order valence-electron chi connectivity index (χ0n) is 17.4. The summed E-state index contributed by atoms with van der Waals surface area (Å²) in [6.07, 6.45) is 3.46. The topological polar surface area (TPSA) is 99.8 Å². The largest absolute Gasteiger partial charge is 0.486 e. The van der Waals surface area contributed by atoms with Crippen LogP contribution in [0.4, 0.5) is 5.69 Å². The third kappa shape index (κ3) is 5.13. The van der Waals surface area contributed by atoms with E-state index >= 15 is 0 Å². The highest BCUT2D eigenvalue weighted by Crippen LogP contribution is 2.16. The molecule has 0 saturated heterocycles. The fourth-order valence-electron chi connectivity index (χ4n) is 3.14. The molecule has 0 aliphatic rings. The Labute approximate surface area is 179 Å². The number of hydrogen-bond acceptors (Lipinski definition) is 6. The summed E-state index contributed by atoms with van der Waals surface area (Å²) in [4.78, 5) is 12.5. The van der Waals surface area contributed by atoms with Gasteiger partial charge in [0.2, 0.25) is 0 Å². The smallest absolute Gasteiger partial charge is 0.255 e.